The van der Waals surface area contributed by atoms with Gasteiger partial charge in [0.1, 0.15) is 5.82 Å². The molecule has 1 heterocycles. The number of carbonyl (C=O) groups is 1. The zero-order chi connectivity index (χ0) is 13.5. The van der Waals surface area contributed by atoms with Gasteiger partial charge in [0.15, 0.2) is 0 Å². The van der Waals surface area contributed by atoms with Gasteiger partial charge in [0, 0.05) is 20.8 Å². The molecule has 0 aliphatic carbocycles. The van der Waals surface area contributed by atoms with Crippen molar-refractivity contribution in [2.45, 2.75) is 19.9 Å². The van der Waals surface area contributed by atoms with Gasteiger partial charge in [-0.15, -0.1) is 5.10 Å². The van der Waals surface area contributed by atoms with Crippen molar-refractivity contribution in [2.75, 3.05) is 34.0 Å². The maximum atomic E-state index is 12.3. The predicted molar refractivity (Wildman–Crippen MR) is 65.4 cm³/mol. The molecule has 1 rings (SSSR count). The van der Waals surface area contributed by atoms with E-state index in [0.29, 0.717) is 25.6 Å². The van der Waals surface area contributed by atoms with Crippen LogP contribution in [0.25, 0.3) is 0 Å². The van der Waals surface area contributed by atoms with Gasteiger partial charge in [-0.1, -0.05) is 0 Å². The van der Waals surface area contributed by atoms with Crippen LogP contribution >= 0.6 is 0 Å². The Morgan fingerprint density at radius 3 is 2.67 bits per heavy atom. The second kappa shape index (κ2) is 7.07. The van der Waals surface area contributed by atoms with Gasteiger partial charge in [-0.2, -0.15) is 0 Å². The summed E-state index contributed by atoms with van der Waals surface area (Å²) in [5.41, 5.74) is 0. The average Bonchev–Trinajstić information content (AvgIpc) is 2.76. The second-order valence-corrected chi connectivity index (χ2v) is 4.04. The van der Waals surface area contributed by atoms with Crippen LogP contribution in [0.2, 0.25) is 0 Å². The summed E-state index contributed by atoms with van der Waals surface area (Å²) >= 11 is 0. The molecule has 7 nitrogen and oxygen atoms in total. The van der Waals surface area contributed by atoms with E-state index >= 15 is 0 Å². The molecule has 0 spiro atoms. The number of hydrogen-bond acceptors (Lipinski definition) is 5. The Bertz CT molecular complexity index is 380. The normalized spacial score (nSPS) is 12.4. The third kappa shape index (κ3) is 3.78. The molecular weight excluding hydrogens is 236 g/mol. The fourth-order valence-corrected chi connectivity index (χ4v) is 1.61. The van der Waals surface area contributed by atoms with E-state index < -0.39 is 0 Å². The van der Waals surface area contributed by atoms with Crippen LogP contribution in [0.15, 0.2) is 0 Å². The maximum absolute atomic E-state index is 12.3. The van der Waals surface area contributed by atoms with Crippen LogP contribution in [0.3, 0.4) is 0 Å². The summed E-state index contributed by atoms with van der Waals surface area (Å²) < 4.78 is 10.1. The summed E-state index contributed by atoms with van der Waals surface area (Å²) in [6.45, 7) is 5.06. The lowest BCUT2D eigenvalue weighted by molar-refractivity contribution is 0.0469. The van der Waals surface area contributed by atoms with E-state index in [4.69, 9.17) is 9.47 Å². The molecule has 1 N–H and O–H groups in total. The highest BCUT2D eigenvalue weighted by Crippen LogP contribution is 2.05. The molecule has 102 valence electrons. The lowest BCUT2D eigenvalue weighted by Gasteiger charge is -2.27. The number of nitrogens with zero attached hydrogens (tertiary/aromatic N) is 3. The molecule has 0 saturated heterocycles. The van der Waals surface area contributed by atoms with Crippen LogP contribution in [0, 0.1) is 6.92 Å². The molecule has 7 heteroatoms. The Morgan fingerprint density at radius 1 is 1.44 bits per heavy atom. The second-order valence-electron chi connectivity index (χ2n) is 4.04. The van der Waals surface area contributed by atoms with Gasteiger partial charge in [-0.25, -0.2) is 4.98 Å². The van der Waals surface area contributed by atoms with E-state index in [2.05, 4.69) is 15.2 Å². The number of methoxy groups -OCH3 is 2. The van der Waals surface area contributed by atoms with Crippen LogP contribution in [0.5, 0.6) is 0 Å². The Labute approximate surface area is 106 Å². The fraction of sp³-hybridized carbons (Fsp3) is 0.727. The van der Waals surface area contributed by atoms with E-state index in [1.807, 2.05) is 6.92 Å². The molecule has 18 heavy (non-hydrogen) atoms. The first-order valence-corrected chi connectivity index (χ1v) is 5.78. The van der Waals surface area contributed by atoms with E-state index in [-0.39, 0.29) is 17.8 Å². The molecular formula is C11H20N4O3. The van der Waals surface area contributed by atoms with E-state index in [9.17, 15) is 4.79 Å². The van der Waals surface area contributed by atoms with E-state index in [1.54, 1.807) is 26.0 Å². The molecule has 0 radical (unpaired) electrons. The number of aryl methyl sites for hydroxylation is 1. The van der Waals surface area contributed by atoms with Crippen LogP contribution in [-0.4, -0.2) is 66.0 Å². The monoisotopic (exact) mass is 256 g/mol. The lowest BCUT2D eigenvalue weighted by atomic mass is 10.3. The third-order valence-corrected chi connectivity index (χ3v) is 2.53. The zero-order valence-corrected chi connectivity index (χ0v) is 11.3. The van der Waals surface area contributed by atoms with Gasteiger partial charge in [0.25, 0.3) is 5.91 Å². The summed E-state index contributed by atoms with van der Waals surface area (Å²) in [6, 6.07) is -0.0588. The van der Waals surface area contributed by atoms with Gasteiger partial charge >= 0.3 is 0 Å². The van der Waals surface area contributed by atoms with Gasteiger partial charge in [-0.3, -0.25) is 9.89 Å². The molecule has 1 unspecified atom stereocenters. The summed E-state index contributed by atoms with van der Waals surface area (Å²) in [4.78, 5) is 17.9. The molecule has 0 bridgehead atoms. The van der Waals surface area contributed by atoms with Crippen molar-refractivity contribution in [3.63, 3.8) is 0 Å². The van der Waals surface area contributed by atoms with Crippen molar-refractivity contribution >= 4 is 5.91 Å². The van der Waals surface area contributed by atoms with Crippen molar-refractivity contribution in [3.8, 4) is 0 Å². The van der Waals surface area contributed by atoms with Crippen molar-refractivity contribution in [1.29, 1.82) is 0 Å². The molecule has 0 aromatic carbocycles. The number of rotatable bonds is 7. The molecule has 0 saturated carbocycles. The highest BCUT2D eigenvalue weighted by atomic mass is 16.5. The van der Waals surface area contributed by atoms with Crippen molar-refractivity contribution in [2.24, 2.45) is 0 Å². The van der Waals surface area contributed by atoms with Crippen molar-refractivity contribution in [1.82, 2.24) is 20.1 Å². The first-order valence-electron chi connectivity index (χ1n) is 5.78. The number of ether oxygens (including phenoxy) is 2. The van der Waals surface area contributed by atoms with Crippen LogP contribution < -0.4 is 0 Å². The Balaban J connectivity index is 2.77. The smallest absolute Gasteiger partial charge is 0.293 e. The van der Waals surface area contributed by atoms with Gasteiger partial charge in [-0.05, 0) is 13.8 Å². The minimum absolute atomic E-state index is 0.0588. The quantitative estimate of drug-likeness (QED) is 0.755. The SMILES string of the molecule is COCCN(C(=O)c1n[nH]c(C)n1)C(C)COC. The molecule has 1 aromatic rings. The standard InChI is InChI=1S/C11H20N4O3/c1-8(7-18-4)15(5-6-17-3)11(16)10-12-9(2)13-14-10/h8H,5-7H2,1-4H3,(H,12,13,14). The third-order valence-electron chi connectivity index (χ3n) is 2.53. The molecule has 1 atom stereocenters. The number of hydrogen-bond donors (Lipinski definition) is 1. The Morgan fingerprint density at radius 2 is 2.17 bits per heavy atom. The molecule has 0 aliphatic heterocycles. The van der Waals surface area contributed by atoms with Crippen LogP contribution in [-0.2, 0) is 9.47 Å². The maximum Gasteiger partial charge on any atom is 0.293 e. The zero-order valence-electron chi connectivity index (χ0n) is 11.3. The predicted octanol–water partition coefficient (Wildman–Crippen LogP) is 0.237. The summed E-state index contributed by atoms with van der Waals surface area (Å²) in [6.07, 6.45) is 0. The first-order chi connectivity index (χ1) is 8.60. The van der Waals surface area contributed by atoms with Gasteiger partial charge < -0.3 is 14.4 Å². The number of nitrogens with one attached hydrogen (secondary N) is 1. The summed E-state index contributed by atoms with van der Waals surface area (Å²) in [7, 11) is 3.20. The van der Waals surface area contributed by atoms with E-state index in [0.717, 1.165) is 0 Å². The number of carbonyl (C=O) groups excluding carboxylic acids is 1. The topological polar surface area (TPSA) is 80.3 Å². The Hall–Kier alpha value is -1.47. The summed E-state index contributed by atoms with van der Waals surface area (Å²) in [5, 5.41) is 6.54. The Kier molecular flexibility index (Phi) is 5.73. The molecule has 0 fully saturated rings. The number of aromatic amines is 1. The molecule has 0 aliphatic rings. The highest BCUT2D eigenvalue weighted by molar-refractivity contribution is 5.90. The minimum atomic E-state index is -0.221. The van der Waals surface area contributed by atoms with Crippen LogP contribution in [0.1, 0.15) is 23.4 Å². The van der Waals surface area contributed by atoms with Gasteiger partial charge in [0.2, 0.25) is 5.82 Å². The van der Waals surface area contributed by atoms with Crippen molar-refractivity contribution < 1.29 is 14.3 Å². The lowest BCUT2D eigenvalue weighted by Crippen LogP contribution is -2.43. The number of aromatic nitrogens is 3. The molecule has 1 aromatic heterocycles. The van der Waals surface area contributed by atoms with E-state index in [1.165, 1.54) is 0 Å². The highest BCUT2D eigenvalue weighted by Gasteiger charge is 2.24. The number of amides is 1. The largest absolute Gasteiger partial charge is 0.383 e. The van der Waals surface area contributed by atoms with Gasteiger partial charge in [0.05, 0.1) is 19.3 Å². The first kappa shape index (κ1) is 14.6. The van der Waals surface area contributed by atoms with Crippen LogP contribution in [0.4, 0.5) is 0 Å². The minimum Gasteiger partial charge on any atom is -0.383 e. The van der Waals surface area contributed by atoms with Crippen molar-refractivity contribution in [3.05, 3.63) is 11.6 Å². The summed E-state index contributed by atoms with van der Waals surface area (Å²) in [5.74, 6) is 0.567. The number of H-pyrrole nitrogens is 1. The average molecular weight is 256 g/mol. The fourth-order valence-electron chi connectivity index (χ4n) is 1.61. The molecule has 1 amide bonds.